The summed E-state index contributed by atoms with van der Waals surface area (Å²) < 4.78 is 25.1. The van der Waals surface area contributed by atoms with Crippen LogP contribution in [0.25, 0.3) is 6.08 Å². The van der Waals surface area contributed by atoms with Gasteiger partial charge in [0, 0.05) is 0 Å². The molecule has 0 unspecified atom stereocenters. The Balaban J connectivity index is 0.00000225. The Labute approximate surface area is 133 Å². The minimum absolute atomic E-state index is 0. The predicted molar refractivity (Wildman–Crippen MR) is 45.4 cm³/mol. The maximum absolute atomic E-state index is 12.6. The Bertz CT molecular complexity index is 444. The first-order chi connectivity index (χ1) is 7.00. The standard InChI is InChI=1S/C10H6F2O3.K/c11-7-3-1-6(5-8(7)12)2-4-9(13)10(14)15;/h1-5H,(H,14,15);/q;+1/p-1/b4-2+;. The third-order valence-corrected chi connectivity index (χ3v) is 1.57. The van der Waals surface area contributed by atoms with Crippen molar-refractivity contribution < 1.29 is 74.9 Å². The fourth-order valence-corrected chi connectivity index (χ4v) is 0.856. The molecule has 0 amide bonds. The second-order valence-electron chi connectivity index (χ2n) is 2.66. The second kappa shape index (κ2) is 7.03. The Morgan fingerprint density at radius 2 is 1.81 bits per heavy atom. The topological polar surface area (TPSA) is 57.2 Å². The zero-order chi connectivity index (χ0) is 11.4. The monoisotopic (exact) mass is 250 g/mol. The van der Waals surface area contributed by atoms with Crippen LogP contribution in [0.3, 0.4) is 0 Å². The zero-order valence-corrected chi connectivity index (χ0v) is 11.5. The van der Waals surface area contributed by atoms with Gasteiger partial charge in [-0.15, -0.1) is 0 Å². The molecule has 0 atom stereocenters. The average Bonchev–Trinajstić information content (AvgIpc) is 2.19. The van der Waals surface area contributed by atoms with Gasteiger partial charge in [0.25, 0.3) is 0 Å². The Kier molecular flexibility index (Phi) is 6.85. The van der Waals surface area contributed by atoms with E-state index in [-0.39, 0.29) is 56.9 Å². The van der Waals surface area contributed by atoms with Gasteiger partial charge in [-0.1, -0.05) is 12.1 Å². The summed E-state index contributed by atoms with van der Waals surface area (Å²) in [6.07, 6.45) is 1.77. The molecule has 0 heterocycles. The van der Waals surface area contributed by atoms with Gasteiger partial charge in [-0.25, -0.2) is 8.78 Å². The summed E-state index contributed by atoms with van der Waals surface area (Å²) in [5, 5.41) is 10.00. The number of carboxylic acids is 1. The van der Waals surface area contributed by atoms with Crippen LogP contribution in [0.15, 0.2) is 24.3 Å². The number of halogens is 2. The molecule has 0 N–H and O–H groups in total. The number of hydrogen-bond acceptors (Lipinski definition) is 3. The van der Waals surface area contributed by atoms with E-state index in [0.717, 1.165) is 18.2 Å². The molecular formula is C10H5F2KO3. The van der Waals surface area contributed by atoms with E-state index in [0.29, 0.717) is 6.08 Å². The number of ketones is 1. The van der Waals surface area contributed by atoms with E-state index >= 15 is 0 Å². The van der Waals surface area contributed by atoms with Crippen LogP contribution < -0.4 is 56.5 Å². The summed E-state index contributed by atoms with van der Waals surface area (Å²) in [6, 6.07) is 2.92. The van der Waals surface area contributed by atoms with Crippen molar-refractivity contribution >= 4 is 17.8 Å². The van der Waals surface area contributed by atoms with Crippen LogP contribution in [0, 0.1) is 11.6 Å². The molecule has 16 heavy (non-hydrogen) atoms. The van der Waals surface area contributed by atoms with Crippen LogP contribution in [0.2, 0.25) is 0 Å². The van der Waals surface area contributed by atoms with E-state index in [4.69, 9.17) is 0 Å². The third-order valence-electron chi connectivity index (χ3n) is 1.57. The molecule has 0 saturated heterocycles. The van der Waals surface area contributed by atoms with E-state index in [1.165, 1.54) is 6.07 Å². The van der Waals surface area contributed by atoms with Gasteiger partial charge in [0.05, 0.1) is 0 Å². The van der Waals surface area contributed by atoms with Crippen molar-refractivity contribution in [3.05, 3.63) is 41.5 Å². The zero-order valence-electron chi connectivity index (χ0n) is 8.37. The predicted octanol–water partition coefficient (Wildman–Crippen LogP) is -2.70. The van der Waals surface area contributed by atoms with Gasteiger partial charge < -0.3 is 9.90 Å². The molecule has 0 saturated carbocycles. The number of carboxylic acid groups (broad SMARTS) is 1. The van der Waals surface area contributed by atoms with Gasteiger partial charge in [0.1, 0.15) is 5.97 Å². The molecule has 0 aliphatic rings. The van der Waals surface area contributed by atoms with Crippen LogP contribution in [0.1, 0.15) is 5.56 Å². The van der Waals surface area contributed by atoms with Gasteiger partial charge in [-0.05, 0) is 23.8 Å². The fraction of sp³-hybridized carbons (Fsp3) is 0. The Morgan fingerprint density at radius 1 is 1.19 bits per heavy atom. The van der Waals surface area contributed by atoms with Crippen molar-refractivity contribution in [3.8, 4) is 0 Å². The van der Waals surface area contributed by atoms with E-state index in [1.807, 2.05) is 0 Å². The summed E-state index contributed by atoms with van der Waals surface area (Å²) in [5.41, 5.74) is 0.184. The first-order valence-corrected chi connectivity index (χ1v) is 3.89. The molecule has 1 aromatic rings. The van der Waals surface area contributed by atoms with Crippen molar-refractivity contribution in [1.82, 2.24) is 0 Å². The summed E-state index contributed by atoms with van der Waals surface area (Å²) in [5.74, 6) is -5.18. The normalized spacial score (nSPS) is 9.88. The number of hydrogen-bond donors (Lipinski definition) is 0. The van der Waals surface area contributed by atoms with Crippen LogP contribution in [-0.4, -0.2) is 11.8 Å². The molecule has 0 aliphatic heterocycles. The van der Waals surface area contributed by atoms with Gasteiger partial charge >= 0.3 is 51.4 Å². The SMILES string of the molecule is O=C([O-])C(=O)/C=C/c1ccc(F)c(F)c1.[K+]. The maximum Gasteiger partial charge on any atom is 1.00 e. The molecule has 0 bridgehead atoms. The fourth-order valence-electron chi connectivity index (χ4n) is 0.856. The molecule has 78 valence electrons. The molecule has 0 radical (unpaired) electrons. The molecule has 0 fully saturated rings. The summed E-state index contributed by atoms with van der Waals surface area (Å²) >= 11 is 0. The molecule has 6 heteroatoms. The van der Waals surface area contributed by atoms with Crippen molar-refractivity contribution in [2.45, 2.75) is 0 Å². The van der Waals surface area contributed by atoms with Gasteiger partial charge in [0.2, 0.25) is 5.78 Å². The quantitative estimate of drug-likeness (QED) is 0.333. The number of aliphatic carboxylic acids is 1. The summed E-state index contributed by atoms with van der Waals surface area (Å²) in [4.78, 5) is 20.5. The van der Waals surface area contributed by atoms with Gasteiger partial charge in [-0.3, -0.25) is 4.79 Å². The molecule has 0 aliphatic carbocycles. The smallest absolute Gasteiger partial charge is 0.541 e. The summed E-state index contributed by atoms with van der Waals surface area (Å²) in [7, 11) is 0. The summed E-state index contributed by atoms with van der Waals surface area (Å²) in [6.45, 7) is 0. The minimum Gasteiger partial charge on any atom is -0.541 e. The van der Waals surface area contributed by atoms with Crippen molar-refractivity contribution in [1.29, 1.82) is 0 Å². The first-order valence-electron chi connectivity index (χ1n) is 3.89. The van der Waals surface area contributed by atoms with Crippen LogP contribution in [-0.2, 0) is 9.59 Å². The first kappa shape index (κ1) is 15.6. The van der Waals surface area contributed by atoms with Crippen molar-refractivity contribution in [3.63, 3.8) is 0 Å². The number of carbonyl (C=O) groups excluding carboxylic acids is 2. The molecule has 1 rings (SSSR count). The number of benzene rings is 1. The van der Waals surface area contributed by atoms with Crippen LogP contribution in [0.5, 0.6) is 0 Å². The molecule has 1 aromatic carbocycles. The van der Waals surface area contributed by atoms with Crippen molar-refractivity contribution in [2.24, 2.45) is 0 Å². The van der Waals surface area contributed by atoms with Crippen LogP contribution in [0.4, 0.5) is 8.78 Å². The largest absolute Gasteiger partial charge is 1.00 e. The van der Waals surface area contributed by atoms with Gasteiger partial charge in [0.15, 0.2) is 11.6 Å². The molecule has 3 nitrogen and oxygen atoms in total. The van der Waals surface area contributed by atoms with E-state index < -0.39 is 23.4 Å². The van der Waals surface area contributed by atoms with E-state index in [9.17, 15) is 23.5 Å². The Morgan fingerprint density at radius 3 is 2.31 bits per heavy atom. The van der Waals surface area contributed by atoms with Crippen molar-refractivity contribution in [2.75, 3.05) is 0 Å². The maximum atomic E-state index is 12.6. The van der Waals surface area contributed by atoms with E-state index in [1.54, 1.807) is 0 Å². The average molecular weight is 250 g/mol. The number of rotatable bonds is 3. The molecule has 0 spiro atoms. The second-order valence-corrected chi connectivity index (χ2v) is 2.66. The Hall–Kier alpha value is -0.404. The van der Waals surface area contributed by atoms with Crippen LogP contribution >= 0.6 is 0 Å². The molecule has 0 aromatic heterocycles. The van der Waals surface area contributed by atoms with Gasteiger partial charge in [-0.2, -0.15) is 0 Å². The van der Waals surface area contributed by atoms with E-state index in [2.05, 4.69) is 0 Å². The third kappa shape index (κ3) is 4.63. The molecular weight excluding hydrogens is 245 g/mol. The number of carbonyl (C=O) groups is 2. The minimum atomic E-state index is -1.85.